The van der Waals surface area contributed by atoms with Gasteiger partial charge in [-0.05, 0) is 26.3 Å². The first-order valence-corrected chi connectivity index (χ1v) is 6.41. The number of aliphatic hydroxyl groups excluding tert-OH is 1. The van der Waals surface area contributed by atoms with Gasteiger partial charge < -0.3 is 14.7 Å². The second-order valence-corrected chi connectivity index (χ2v) is 4.00. The lowest BCUT2D eigenvalue weighted by Crippen LogP contribution is -2.24. The Balaban J connectivity index is 3.01. The van der Waals surface area contributed by atoms with Crippen LogP contribution in [0.3, 0.4) is 0 Å². The van der Waals surface area contributed by atoms with Crippen LogP contribution in [-0.4, -0.2) is 36.3 Å². The molecule has 1 aromatic rings. The minimum Gasteiger partial charge on any atom is -0.487 e. The van der Waals surface area contributed by atoms with Gasteiger partial charge in [-0.25, -0.2) is 0 Å². The Morgan fingerprint density at radius 2 is 2.16 bits per heavy atom. The molecule has 0 radical (unpaired) electrons. The van der Waals surface area contributed by atoms with E-state index in [-0.39, 0.29) is 18.0 Å². The molecule has 0 amide bonds. The van der Waals surface area contributed by atoms with Gasteiger partial charge in [0.2, 0.25) is 0 Å². The molecule has 1 rings (SSSR count). The van der Waals surface area contributed by atoms with Crippen molar-refractivity contribution in [2.24, 2.45) is 0 Å². The molecule has 19 heavy (non-hydrogen) atoms. The molecule has 0 saturated carbocycles. The largest absolute Gasteiger partial charge is 0.487 e. The van der Waals surface area contributed by atoms with E-state index in [0.29, 0.717) is 19.6 Å². The van der Waals surface area contributed by atoms with Crippen molar-refractivity contribution in [3.8, 4) is 5.75 Å². The van der Waals surface area contributed by atoms with Crippen molar-refractivity contribution in [1.82, 2.24) is 0 Å². The molecule has 0 heterocycles. The smallest absolute Gasteiger partial charge is 0.311 e. The fourth-order valence-corrected chi connectivity index (χ4v) is 1.85. The maximum absolute atomic E-state index is 10.9. The van der Waals surface area contributed by atoms with Crippen LogP contribution >= 0.6 is 0 Å². The molecule has 0 atom stereocenters. The van der Waals surface area contributed by atoms with Crippen LogP contribution in [0.4, 0.5) is 11.4 Å². The van der Waals surface area contributed by atoms with Crippen molar-refractivity contribution in [2.75, 3.05) is 31.2 Å². The van der Waals surface area contributed by atoms with Crippen LogP contribution in [0, 0.1) is 10.1 Å². The average molecular weight is 268 g/mol. The standard InChI is InChI=1S/C13H20N2O4/c1-3-14(8-5-9-16)11-6-7-12(15(17)18)13(10-11)19-4-2/h6-7,10,16H,3-5,8-9H2,1-2H3. The molecule has 0 bridgehead atoms. The summed E-state index contributed by atoms with van der Waals surface area (Å²) in [6.07, 6.45) is 0.662. The molecule has 106 valence electrons. The number of aliphatic hydroxyl groups is 1. The second kappa shape index (κ2) is 7.58. The Morgan fingerprint density at radius 1 is 1.42 bits per heavy atom. The molecule has 0 saturated heterocycles. The fraction of sp³-hybridized carbons (Fsp3) is 0.538. The monoisotopic (exact) mass is 268 g/mol. The third-order valence-electron chi connectivity index (χ3n) is 2.77. The first-order valence-electron chi connectivity index (χ1n) is 6.41. The predicted octanol–water partition coefficient (Wildman–Crippen LogP) is 2.20. The minimum atomic E-state index is -0.446. The SMILES string of the molecule is CCOc1cc(N(CC)CCCO)ccc1[N+](=O)[O-]. The van der Waals surface area contributed by atoms with Gasteiger partial charge in [0.1, 0.15) is 0 Å². The molecule has 0 spiro atoms. The lowest BCUT2D eigenvalue weighted by atomic mass is 10.2. The Bertz CT molecular complexity index is 423. The first kappa shape index (κ1) is 15.2. The molecule has 6 nitrogen and oxygen atoms in total. The van der Waals surface area contributed by atoms with Crippen molar-refractivity contribution in [3.05, 3.63) is 28.3 Å². The molecule has 1 aromatic carbocycles. The summed E-state index contributed by atoms with van der Waals surface area (Å²) in [6.45, 7) is 5.77. The Morgan fingerprint density at radius 3 is 2.68 bits per heavy atom. The quantitative estimate of drug-likeness (QED) is 0.578. The van der Waals surface area contributed by atoms with E-state index in [0.717, 1.165) is 12.2 Å². The molecule has 1 N–H and O–H groups in total. The van der Waals surface area contributed by atoms with E-state index in [9.17, 15) is 10.1 Å². The van der Waals surface area contributed by atoms with Crippen molar-refractivity contribution in [2.45, 2.75) is 20.3 Å². The molecule has 0 aromatic heterocycles. The normalized spacial score (nSPS) is 10.3. The van der Waals surface area contributed by atoms with Gasteiger partial charge in [0.05, 0.1) is 11.5 Å². The highest BCUT2D eigenvalue weighted by molar-refractivity contribution is 5.59. The Hall–Kier alpha value is -1.82. The van der Waals surface area contributed by atoms with Gasteiger partial charge in [-0.3, -0.25) is 10.1 Å². The van der Waals surface area contributed by atoms with E-state index >= 15 is 0 Å². The fourth-order valence-electron chi connectivity index (χ4n) is 1.85. The molecular weight excluding hydrogens is 248 g/mol. The average Bonchev–Trinajstić information content (AvgIpc) is 2.40. The lowest BCUT2D eigenvalue weighted by molar-refractivity contribution is -0.385. The third kappa shape index (κ3) is 4.10. The van der Waals surface area contributed by atoms with Crippen LogP contribution in [0.1, 0.15) is 20.3 Å². The number of nitro benzene ring substituents is 1. The maximum Gasteiger partial charge on any atom is 0.311 e. The van der Waals surface area contributed by atoms with E-state index in [2.05, 4.69) is 0 Å². The van der Waals surface area contributed by atoms with E-state index in [1.165, 1.54) is 6.07 Å². The predicted molar refractivity (Wildman–Crippen MR) is 73.9 cm³/mol. The van der Waals surface area contributed by atoms with Gasteiger partial charge in [-0.15, -0.1) is 0 Å². The first-order chi connectivity index (χ1) is 9.13. The number of benzene rings is 1. The Labute approximate surface area is 112 Å². The zero-order valence-electron chi connectivity index (χ0n) is 11.3. The highest BCUT2D eigenvalue weighted by Crippen LogP contribution is 2.31. The van der Waals surface area contributed by atoms with Crippen LogP contribution in [-0.2, 0) is 0 Å². The number of hydrogen-bond donors (Lipinski definition) is 1. The summed E-state index contributed by atoms with van der Waals surface area (Å²) in [5.74, 6) is 0.285. The zero-order valence-corrected chi connectivity index (χ0v) is 11.3. The summed E-state index contributed by atoms with van der Waals surface area (Å²) in [6, 6.07) is 4.85. The van der Waals surface area contributed by atoms with Gasteiger partial charge in [-0.2, -0.15) is 0 Å². The number of hydrogen-bond acceptors (Lipinski definition) is 5. The van der Waals surface area contributed by atoms with Crippen LogP contribution < -0.4 is 9.64 Å². The summed E-state index contributed by atoms with van der Waals surface area (Å²) in [5.41, 5.74) is 0.841. The van der Waals surface area contributed by atoms with Crippen LogP contribution in [0.5, 0.6) is 5.75 Å². The zero-order chi connectivity index (χ0) is 14.3. The van der Waals surface area contributed by atoms with E-state index in [4.69, 9.17) is 9.84 Å². The van der Waals surface area contributed by atoms with Crippen molar-refractivity contribution in [3.63, 3.8) is 0 Å². The van der Waals surface area contributed by atoms with E-state index in [1.54, 1.807) is 19.1 Å². The van der Waals surface area contributed by atoms with Gasteiger partial charge in [0.15, 0.2) is 5.75 Å². The van der Waals surface area contributed by atoms with Crippen molar-refractivity contribution in [1.29, 1.82) is 0 Å². The van der Waals surface area contributed by atoms with E-state index < -0.39 is 4.92 Å². The Kier molecular flexibility index (Phi) is 6.08. The van der Waals surface area contributed by atoms with Gasteiger partial charge >= 0.3 is 5.69 Å². The van der Waals surface area contributed by atoms with Gasteiger partial charge in [0, 0.05) is 37.5 Å². The molecule has 0 unspecified atom stereocenters. The maximum atomic E-state index is 10.9. The topological polar surface area (TPSA) is 75.8 Å². The van der Waals surface area contributed by atoms with Crippen LogP contribution in [0.15, 0.2) is 18.2 Å². The second-order valence-electron chi connectivity index (χ2n) is 4.00. The van der Waals surface area contributed by atoms with Crippen molar-refractivity contribution >= 4 is 11.4 Å². The summed E-state index contributed by atoms with van der Waals surface area (Å²) in [5, 5.41) is 19.8. The molecule has 0 aliphatic rings. The molecule has 0 aliphatic heterocycles. The summed E-state index contributed by atoms with van der Waals surface area (Å²) < 4.78 is 5.32. The molecule has 6 heteroatoms. The highest BCUT2D eigenvalue weighted by Gasteiger charge is 2.17. The minimum absolute atomic E-state index is 0.0242. The lowest BCUT2D eigenvalue weighted by Gasteiger charge is -2.23. The molecule has 0 aliphatic carbocycles. The van der Waals surface area contributed by atoms with Crippen molar-refractivity contribution < 1.29 is 14.8 Å². The summed E-state index contributed by atoms with van der Waals surface area (Å²) in [7, 11) is 0. The highest BCUT2D eigenvalue weighted by atomic mass is 16.6. The number of nitro groups is 1. The summed E-state index contributed by atoms with van der Waals surface area (Å²) in [4.78, 5) is 12.5. The molecule has 0 fully saturated rings. The number of ether oxygens (including phenoxy) is 1. The van der Waals surface area contributed by atoms with Crippen LogP contribution in [0.2, 0.25) is 0 Å². The molecular formula is C13H20N2O4. The summed E-state index contributed by atoms with van der Waals surface area (Å²) >= 11 is 0. The number of nitrogens with zero attached hydrogens (tertiary/aromatic N) is 2. The number of rotatable bonds is 8. The third-order valence-corrected chi connectivity index (χ3v) is 2.77. The van der Waals surface area contributed by atoms with Gasteiger partial charge in [0.25, 0.3) is 0 Å². The van der Waals surface area contributed by atoms with E-state index in [1.807, 2.05) is 11.8 Å². The number of anilines is 1. The van der Waals surface area contributed by atoms with Crippen LogP contribution in [0.25, 0.3) is 0 Å². The van der Waals surface area contributed by atoms with Gasteiger partial charge in [-0.1, -0.05) is 0 Å².